The zero-order chi connectivity index (χ0) is 12.3. The molecule has 0 amide bonds. The minimum atomic E-state index is -4.75. The van der Waals surface area contributed by atoms with Gasteiger partial charge in [-0.1, -0.05) is 6.58 Å². The van der Waals surface area contributed by atoms with Crippen molar-refractivity contribution in [1.82, 2.24) is 0 Å². The van der Waals surface area contributed by atoms with Gasteiger partial charge >= 0.3 is 12.1 Å². The monoisotopic (exact) mass is 226 g/mol. The lowest BCUT2D eigenvalue weighted by Gasteiger charge is -2.28. The summed E-state index contributed by atoms with van der Waals surface area (Å²) in [5, 5.41) is 9.06. The third kappa shape index (κ3) is 4.33. The summed E-state index contributed by atoms with van der Waals surface area (Å²) in [6.07, 6.45) is -5.65. The van der Waals surface area contributed by atoms with Gasteiger partial charge in [0.1, 0.15) is 6.10 Å². The van der Waals surface area contributed by atoms with Gasteiger partial charge in [-0.2, -0.15) is 13.2 Å². The van der Waals surface area contributed by atoms with Gasteiger partial charge in [-0.3, -0.25) is 0 Å². The summed E-state index contributed by atoms with van der Waals surface area (Å²) in [4.78, 5) is 10.7. The van der Waals surface area contributed by atoms with Crippen LogP contribution in [0.3, 0.4) is 0 Å². The van der Waals surface area contributed by atoms with Crippen LogP contribution in [0.1, 0.15) is 20.3 Å². The molecule has 15 heavy (non-hydrogen) atoms. The van der Waals surface area contributed by atoms with Gasteiger partial charge in [0.15, 0.2) is 5.60 Å². The van der Waals surface area contributed by atoms with Crippen molar-refractivity contribution < 1.29 is 27.8 Å². The molecular formula is C9H13F3O3. The first-order valence-electron chi connectivity index (χ1n) is 4.22. The number of rotatable bonds is 4. The van der Waals surface area contributed by atoms with Crippen LogP contribution in [0.4, 0.5) is 13.2 Å². The number of carbonyl (C=O) groups excluding carboxylic acids is 1. The van der Waals surface area contributed by atoms with Crippen molar-refractivity contribution in [2.75, 3.05) is 0 Å². The van der Waals surface area contributed by atoms with Crippen LogP contribution in [0.25, 0.3) is 0 Å². The average Bonchev–Trinajstić information content (AvgIpc) is 2.00. The number of halogens is 3. The molecule has 2 atom stereocenters. The van der Waals surface area contributed by atoms with Crippen molar-refractivity contribution in [3.05, 3.63) is 12.7 Å². The maximum absolute atomic E-state index is 12.2. The van der Waals surface area contributed by atoms with Crippen LogP contribution in [0, 0.1) is 0 Å². The molecule has 0 saturated carbocycles. The van der Waals surface area contributed by atoms with Crippen LogP contribution in [-0.2, 0) is 9.53 Å². The molecule has 1 N–H and O–H groups in total. The number of ether oxygens (including phenoxy) is 1. The van der Waals surface area contributed by atoms with Crippen molar-refractivity contribution in [3.63, 3.8) is 0 Å². The molecule has 0 aromatic heterocycles. The fraction of sp³-hybridized carbons (Fsp3) is 0.667. The zero-order valence-corrected chi connectivity index (χ0v) is 8.47. The number of hydrogen-bond acceptors (Lipinski definition) is 3. The lowest BCUT2D eigenvalue weighted by atomic mass is 9.98. The normalized spacial score (nSPS) is 17.7. The Morgan fingerprint density at radius 1 is 1.60 bits per heavy atom. The van der Waals surface area contributed by atoms with E-state index in [9.17, 15) is 18.0 Å². The summed E-state index contributed by atoms with van der Waals surface area (Å²) in [5.41, 5.74) is -2.87. The van der Waals surface area contributed by atoms with Crippen LogP contribution in [-0.4, -0.2) is 29.0 Å². The van der Waals surface area contributed by atoms with Gasteiger partial charge in [0.2, 0.25) is 0 Å². The molecule has 0 bridgehead atoms. The van der Waals surface area contributed by atoms with Gasteiger partial charge in [0, 0.05) is 12.5 Å². The highest BCUT2D eigenvalue weighted by Crippen LogP contribution is 2.33. The molecule has 0 aliphatic carbocycles. The molecule has 3 nitrogen and oxygen atoms in total. The second kappa shape index (κ2) is 4.65. The van der Waals surface area contributed by atoms with Gasteiger partial charge in [-0.25, -0.2) is 4.79 Å². The Labute approximate surface area is 85.5 Å². The first-order chi connectivity index (χ1) is 6.60. The summed E-state index contributed by atoms with van der Waals surface area (Å²) in [5.74, 6) is -0.819. The van der Waals surface area contributed by atoms with E-state index >= 15 is 0 Å². The van der Waals surface area contributed by atoms with E-state index in [0.717, 1.165) is 6.08 Å². The van der Waals surface area contributed by atoms with Gasteiger partial charge < -0.3 is 9.84 Å². The topological polar surface area (TPSA) is 46.5 Å². The van der Waals surface area contributed by atoms with E-state index in [1.165, 1.54) is 6.92 Å². The Hall–Kier alpha value is -1.04. The lowest BCUT2D eigenvalue weighted by molar-refractivity contribution is -0.261. The standard InChI is InChI=1S/C9H13F3O3/c1-4-7(13)15-6(2)5-8(3,14)9(10,11)12/h4,6,14H,1,5H2,2-3H3. The Morgan fingerprint density at radius 2 is 2.07 bits per heavy atom. The predicted octanol–water partition coefficient (Wildman–Crippen LogP) is 1.81. The molecule has 0 radical (unpaired) electrons. The average molecular weight is 226 g/mol. The van der Waals surface area contributed by atoms with Crippen molar-refractivity contribution in [2.24, 2.45) is 0 Å². The largest absolute Gasteiger partial charge is 0.459 e. The summed E-state index contributed by atoms with van der Waals surface area (Å²) in [6, 6.07) is 0. The maximum Gasteiger partial charge on any atom is 0.417 e. The molecule has 0 saturated heterocycles. The Kier molecular flexibility index (Phi) is 4.33. The fourth-order valence-corrected chi connectivity index (χ4v) is 0.964. The zero-order valence-electron chi connectivity index (χ0n) is 8.47. The summed E-state index contributed by atoms with van der Waals surface area (Å²) < 4.78 is 41.1. The number of carbonyl (C=O) groups is 1. The highest BCUT2D eigenvalue weighted by atomic mass is 19.4. The summed E-state index contributed by atoms with van der Waals surface area (Å²) in [6.45, 7) is 5.00. The molecule has 0 rings (SSSR count). The quantitative estimate of drug-likeness (QED) is 0.587. The van der Waals surface area contributed by atoms with Crippen molar-refractivity contribution >= 4 is 5.97 Å². The molecule has 88 valence electrons. The molecule has 0 aliphatic heterocycles. The minimum Gasteiger partial charge on any atom is -0.459 e. The molecule has 0 heterocycles. The van der Waals surface area contributed by atoms with E-state index in [0.29, 0.717) is 6.92 Å². The second-order valence-electron chi connectivity index (χ2n) is 3.43. The van der Waals surface area contributed by atoms with Crippen LogP contribution in [0.5, 0.6) is 0 Å². The molecular weight excluding hydrogens is 213 g/mol. The fourth-order valence-electron chi connectivity index (χ4n) is 0.964. The number of aliphatic hydroxyl groups is 1. The van der Waals surface area contributed by atoms with E-state index in [4.69, 9.17) is 5.11 Å². The highest BCUT2D eigenvalue weighted by Gasteiger charge is 2.50. The Morgan fingerprint density at radius 3 is 2.40 bits per heavy atom. The SMILES string of the molecule is C=CC(=O)OC(C)CC(C)(O)C(F)(F)F. The molecule has 0 aliphatic rings. The van der Waals surface area contributed by atoms with E-state index in [1.54, 1.807) is 0 Å². The van der Waals surface area contributed by atoms with Gasteiger partial charge in [-0.05, 0) is 13.8 Å². The van der Waals surface area contributed by atoms with Crippen molar-refractivity contribution in [1.29, 1.82) is 0 Å². The van der Waals surface area contributed by atoms with Gasteiger partial charge in [0.05, 0.1) is 0 Å². The van der Waals surface area contributed by atoms with Crippen LogP contribution >= 0.6 is 0 Å². The first-order valence-corrected chi connectivity index (χ1v) is 4.22. The van der Waals surface area contributed by atoms with Gasteiger partial charge in [0.25, 0.3) is 0 Å². The third-order valence-corrected chi connectivity index (χ3v) is 1.78. The number of alkyl halides is 3. The summed E-state index contributed by atoms with van der Waals surface area (Å²) >= 11 is 0. The number of hydrogen-bond donors (Lipinski definition) is 1. The predicted molar refractivity (Wildman–Crippen MR) is 47.0 cm³/mol. The lowest BCUT2D eigenvalue weighted by Crippen LogP contribution is -2.44. The van der Waals surface area contributed by atoms with E-state index in [1.807, 2.05) is 0 Å². The Bertz CT molecular complexity index is 245. The van der Waals surface area contributed by atoms with Gasteiger partial charge in [-0.15, -0.1) is 0 Å². The molecule has 0 fully saturated rings. The summed E-state index contributed by atoms with van der Waals surface area (Å²) in [7, 11) is 0. The molecule has 0 spiro atoms. The minimum absolute atomic E-state index is 0.630. The van der Waals surface area contributed by atoms with Crippen molar-refractivity contribution in [3.8, 4) is 0 Å². The Balaban J connectivity index is 4.34. The third-order valence-electron chi connectivity index (χ3n) is 1.78. The molecule has 2 unspecified atom stereocenters. The maximum atomic E-state index is 12.2. The van der Waals surface area contributed by atoms with Crippen molar-refractivity contribution in [2.45, 2.75) is 38.1 Å². The van der Waals surface area contributed by atoms with E-state index in [2.05, 4.69) is 11.3 Å². The van der Waals surface area contributed by atoms with E-state index in [-0.39, 0.29) is 0 Å². The first kappa shape index (κ1) is 14.0. The molecule has 0 aromatic rings. The second-order valence-corrected chi connectivity index (χ2v) is 3.43. The van der Waals surface area contributed by atoms with Crippen LogP contribution in [0.15, 0.2) is 12.7 Å². The molecule has 0 aromatic carbocycles. The molecule has 6 heteroatoms. The van der Waals surface area contributed by atoms with E-state index < -0.39 is 30.3 Å². The number of esters is 1. The van der Waals surface area contributed by atoms with Crippen LogP contribution < -0.4 is 0 Å². The smallest absolute Gasteiger partial charge is 0.417 e. The highest BCUT2D eigenvalue weighted by molar-refractivity contribution is 5.81. The van der Waals surface area contributed by atoms with Crippen LogP contribution in [0.2, 0.25) is 0 Å².